The van der Waals surface area contributed by atoms with E-state index in [-0.39, 0.29) is 10.8 Å². The normalized spacial score (nSPS) is 13.6. The Kier molecular flexibility index (Phi) is 9.59. The molecule has 0 saturated heterocycles. The van der Waals surface area contributed by atoms with Crippen LogP contribution in [-0.2, 0) is 10.8 Å². The minimum Gasteiger partial charge on any atom is -0.310 e. The first-order chi connectivity index (χ1) is 32.7. The van der Waals surface area contributed by atoms with Crippen LogP contribution in [0.25, 0.3) is 77.9 Å². The quantitative estimate of drug-likeness (QED) is 0.147. The van der Waals surface area contributed by atoms with E-state index in [0.29, 0.717) is 0 Å². The number of anilines is 3. The Morgan fingerprint density at radius 1 is 0.239 bits per heavy atom. The Balaban J connectivity index is 0.897. The molecule has 1 heteroatoms. The highest BCUT2D eigenvalue weighted by Gasteiger charge is 2.38. The van der Waals surface area contributed by atoms with Crippen LogP contribution in [0.5, 0.6) is 0 Å². The van der Waals surface area contributed by atoms with Crippen LogP contribution in [0, 0.1) is 0 Å². The molecule has 0 saturated carbocycles. The van der Waals surface area contributed by atoms with Crippen molar-refractivity contribution >= 4 is 17.1 Å². The molecule has 0 spiro atoms. The summed E-state index contributed by atoms with van der Waals surface area (Å²) in [5, 5.41) is 0. The third-order valence-corrected chi connectivity index (χ3v) is 14.7. The minimum absolute atomic E-state index is 0.0517. The van der Waals surface area contributed by atoms with Crippen molar-refractivity contribution in [2.75, 3.05) is 4.90 Å². The van der Waals surface area contributed by atoms with Gasteiger partial charge in [0.25, 0.3) is 0 Å². The predicted octanol–water partition coefficient (Wildman–Crippen LogP) is 18.1. The molecule has 12 rings (SSSR count). The number of hydrogen-bond donors (Lipinski definition) is 0. The van der Waals surface area contributed by atoms with E-state index in [2.05, 4.69) is 269 Å². The molecule has 0 aromatic heterocycles. The zero-order valence-electron chi connectivity index (χ0n) is 38.5. The lowest BCUT2D eigenvalue weighted by Crippen LogP contribution is -2.16. The summed E-state index contributed by atoms with van der Waals surface area (Å²) in [5.41, 5.74) is 26.3. The number of benzene rings is 10. The predicted molar refractivity (Wildman–Crippen MR) is 283 cm³/mol. The summed E-state index contributed by atoms with van der Waals surface area (Å²) in [5.74, 6) is 0. The van der Waals surface area contributed by atoms with Crippen LogP contribution in [0.3, 0.4) is 0 Å². The van der Waals surface area contributed by atoms with E-state index in [4.69, 9.17) is 0 Å². The van der Waals surface area contributed by atoms with Gasteiger partial charge in [0.1, 0.15) is 0 Å². The van der Waals surface area contributed by atoms with Crippen LogP contribution in [0.4, 0.5) is 17.1 Å². The molecule has 2 aliphatic rings. The van der Waals surface area contributed by atoms with Crippen LogP contribution in [-0.4, -0.2) is 0 Å². The summed E-state index contributed by atoms with van der Waals surface area (Å²) >= 11 is 0. The smallest absolute Gasteiger partial charge is 0.0467 e. The summed E-state index contributed by atoms with van der Waals surface area (Å²) in [6.45, 7) is 9.45. The van der Waals surface area contributed by atoms with E-state index in [1.54, 1.807) is 0 Å². The third kappa shape index (κ3) is 6.85. The average Bonchev–Trinajstić information content (AvgIpc) is 3.76. The summed E-state index contributed by atoms with van der Waals surface area (Å²) in [4.78, 5) is 2.41. The second kappa shape index (κ2) is 15.9. The molecule has 0 radical (unpaired) electrons. The summed E-state index contributed by atoms with van der Waals surface area (Å²) in [6.07, 6.45) is 0. The molecule has 10 aromatic carbocycles. The van der Waals surface area contributed by atoms with Crippen molar-refractivity contribution < 1.29 is 0 Å². The van der Waals surface area contributed by atoms with Crippen LogP contribution < -0.4 is 4.90 Å². The van der Waals surface area contributed by atoms with Gasteiger partial charge in [-0.2, -0.15) is 0 Å². The monoisotopic (exact) mass is 857 g/mol. The van der Waals surface area contributed by atoms with Gasteiger partial charge in [-0.05, 0) is 143 Å². The van der Waals surface area contributed by atoms with Gasteiger partial charge in [0.05, 0.1) is 0 Å². The van der Waals surface area contributed by atoms with Crippen molar-refractivity contribution in [1.82, 2.24) is 0 Å². The Labute approximate surface area is 395 Å². The fourth-order valence-corrected chi connectivity index (χ4v) is 11.2. The molecule has 1 nitrogen and oxygen atoms in total. The first-order valence-electron chi connectivity index (χ1n) is 23.6. The highest BCUT2D eigenvalue weighted by atomic mass is 15.1. The fraction of sp³-hybridized carbons (Fsp3) is 0.0909. The van der Waals surface area contributed by atoms with Crippen molar-refractivity contribution in [1.29, 1.82) is 0 Å². The molecule has 0 atom stereocenters. The third-order valence-electron chi connectivity index (χ3n) is 14.7. The highest BCUT2D eigenvalue weighted by molar-refractivity contribution is 5.90. The van der Waals surface area contributed by atoms with Gasteiger partial charge in [0.15, 0.2) is 0 Å². The minimum atomic E-state index is -0.120. The molecule has 0 unspecified atom stereocenters. The maximum absolute atomic E-state index is 2.41. The van der Waals surface area contributed by atoms with Crippen molar-refractivity contribution in [2.45, 2.75) is 38.5 Å². The van der Waals surface area contributed by atoms with Gasteiger partial charge in [0, 0.05) is 27.9 Å². The lowest BCUT2D eigenvalue weighted by Gasteiger charge is -2.28. The zero-order chi connectivity index (χ0) is 45.3. The Morgan fingerprint density at radius 2 is 0.627 bits per heavy atom. The van der Waals surface area contributed by atoms with Crippen LogP contribution in [0.2, 0.25) is 0 Å². The molecule has 0 aliphatic heterocycles. The van der Waals surface area contributed by atoms with Crippen molar-refractivity contribution in [3.05, 3.63) is 259 Å². The Bertz CT molecular complexity index is 3460. The van der Waals surface area contributed by atoms with Gasteiger partial charge < -0.3 is 4.90 Å². The van der Waals surface area contributed by atoms with Crippen molar-refractivity contribution in [3.63, 3.8) is 0 Å². The number of fused-ring (bicyclic) bond motifs is 6. The van der Waals surface area contributed by atoms with Gasteiger partial charge in [-0.15, -0.1) is 0 Å². The fourth-order valence-electron chi connectivity index (χ4n) is 11.2. The molecule has 2 aliphatic carbocycles. The maximum atomic E-state index is 2.41. The lowest BCUT2D eigenvalue weighted by atomic mass is 9.79. The molecule has 0 heterocycles. The largest absolute Gasteiger partial charge is 0.310 e. The average molecular weight is 858 g/mol. The van der Waals surface area contributed by atoms with Crippen molar-refractivity contribution in [2.24, 2.45) is 0 Å². The SMILES string of the molecule is CC1(C)c2ccccc2-c2ccc(-c3ccc(N(c4ccc(-c5ccc(-c6ccc(-c7ccccc7)cc6)cc5)cc4)c4cccc(-c5cccc6c5C(C)(C)c5ccccc5-6)c4)cc3)cc21. The molecule has 320 valence electrons. The van der Waals surface area contributed by atoms with Crippen LogP contribution in [0.15, 0.2) is 237 Å². The maximum Gasteiger partial charge on any atom is 0.0467 e. The molecule has 67 heavy (non-hydrogen) atoms. The van der Waals surface area contributed by atoms with Gasteiger partial charge in [-0.25, -0.2) is 0 Å². The van der Waals surface area contributed by atoms with E-state index in [1.807, 2.05) is 0 Å². The Hall–Kier alpha value is -8.00. The molecule has 0 N–H and O–H groups in total. The summed E-state index contributed by atoms with van der Waals surface area (Å²) in [7, 11) is 0. The van der Waals surface area contributed by atoms with Crippen molar-refractivity contribution in [3.8, 4) is 77.9 Å². The van der Waals surface area contributed by atoms with E-state index in [1.165, 1.54) is 100 Å². The molecule has 0 fully saturated rings. The Morgan fingerprint density at radius 3 is 1.21 bits per heavy atom. The molecule has 10 aromatic rings. The van der Waals surface area contributed by atoms with E-state index >= 15 is 0 Å². The summed E-state index contributed by atoms with van der Waals surface area (Å²) in [6, 6.07) is 87.4. The topological polar surface area (TPSA) is 3.24 Å². The lowest BCUT2D eigenvalue weighted by molar-refractivity contribution is 0.660. The van der Waals surface area contributed by atoms with Gasteiger partial charge in [0.2, 0.25) is 0 Å². The number of nitrogens with zero attached hydrogens (tertiary/aromatic N) is 1. The highest BCUT2D eigenvalue weighted by Crippen LogP contribution is 2.53. The first kappa shape index (κ1) is 40.5. The second-order valence-corrected chi connectivity index (χ2v) is 19.3. The zero-order valence-corrected chi connectivity index (χ0v) is 38.5. The molecular weight excluding hydrogens is 807 g/mol. The van der Waals surface area contributed by atoms with Gasteiger partial charge in [-0.3, -0.25) is 0 Å². The van der Waals surface area contributed by atoms with Crippen LogP contribution >= 0.6 is 0 Å². The standard InChI is InChI=1S/C66H51N/c1-65(2)61-22-10-8-18-57(61)59-41-36-51(43-63(59)65)50-34-39-54(40-35-50)67(55-17-12-16-52(42-55)56-20-13-21-60-58-19-9-11-23-62(58)66(3,4)64(56)60)53-37-32-49(33-38-53)48-30-28-47(29-31-48)46-26-24-45(25-27-46)44-14-6-5-7-15-44/h5-43H,1-4H3. The number of rotatable bonds is 8. The van der Waals surface area contributed by atoms with Gasteiger partial charge >= 0.3 is 0 Å². The van der Waals surface area contributed by atoms with Crippen LogP contribution in [0.1, 0.15) is 49.9 Å². The van der Waals surface area contributed by atoms with Gasteiger partial charge in [-0.1, -0.05) is 222 Å². The number of hydrogen-bond acceptors (Lipinski definition) is 1. The summed E-state index contributed by atoms with van der Waals surface area (Å²) < 4.78 is 0. The molecule has 0 bridgehead atoms. The molecular formula is C66H51N. The van der Waals surface area contributed by atoms with E-state index < -0.39 is 0 Å². The van der Waals surface area contributed by atoms with E-state index in [9.17, 15) is 0 Å². The first-order valence-corrected chi connectivity index (χ1v) is 23.6. The van der Waals surface area contributed by atoms with E-state index in [0.717, 1.165) is 17.1 Å². The second-order valence-electron chi connectivity index (χ2n) is 19.3. The molecule has 0 amide bonds.